The third kappa shape index (κ3) is 7.63. The fourth-order valence-electron chi connectivity index (χ4n) is 5.42. The van der Waals surface area contributed by atoms with Crippen LogP contribution in [0.5, 0.6) is 0 Å². The number of carbonyl (C=O) groups is 3. The summed E-state index contributed by atoms with van der Waals surface area (Å²) in [6.45, 7) is 1.05. The van der Waals surface area contributed by atoms with Gasteiger partial charge in [0.1, 0.15) is 37.1 Å². The number of anilines is 2. The van der Waals surface area contributed by atoms with Crippen LogP contribution >= 0.6 is 0 Å². The fourth-order valence-corrected chi connectivity index (χ4v) is 5.42. The van der Waals surface area contributed by atoms with E-state index in [2.05, 4.69) is 25.3 Å². The first-order valence-corrected chi connectivity index (χ1v) is 15.3. The van der Waals surface area contributed by atoms with Crippen molar-refractivity contribution in [3.63, 3.8) is 0 Å². The number of esters is 1. The van der Waals surface area contributed by atoms with Crippen molar-refractivity contribution in [1.29, 1.82) is 0 Å². The van der Waals surface area contributed by atoms with Crippen LogP contribution in [-0.4, -0.2) is 86.2 Å². The Morgan fingerprint density at radius 3 is 2.43 bits per heavy atom. The van der Waals surface area contributed by atoms with E-state index in [1.54, 1.807) is 36.5 Å². The van der Waals surface area contributed by atoms with E-state index in [1.807, 2.05) is 60.5 Å². The highest BCUT2D eigenvalue weighted by Gasteiger charge is 2.48. The van der Waals surface area contributed by atoms with Gasteiger partial charge in [-0.05, 0) is 29.8 Å². The van der Waals surface area contributed by atoms with E-state index in [0.29, 0.717) is 11.4 Å². The lowest BCUT2D eigenvalue weighted by Crippen LogP contribution is -2.38. The average Bonchev–Trinajstić information content (AvgIpc) is 3.68. The smallest absolute Gasteiger partial charge is 0.457 e. The predicted octanol–water partition coefficient (Wildman–Crippen LogP) is 3.69. The van der Waals surface area contributed by atoms with E-state index in [4.69, 9.17) is 18.9 Å². The lowest BCUT2D eigenvalue weighted by molar-refractivity contribution is -0.154. The van der Waals surface area contributed by atoms with Crippen molar-refractivity contribution in [1.82, 2.24) is 24.5 Å². The summed E-state index contributed by atoms with van der Waals surface area (Å²) in [5, 5.41) is 14.0. The third-order valence-electron chi connectivity index (χ3n) is 7.77. The number of fused-ring (bicyclic) bond motifs is 1. The number of hydrogen-bond donors (Lipinski definition) is 2. The van der Waals surface area contributed by atoms with Crippen LogP contribution in [0.3, 0.4) is 0 Å². The number of pyridine rings is 1. The Bertz CT molecular complexity index is 1890. The van der Waals surface area contributed by atoms with Crippen LogP contribution in [0.1, 0.15) is 35.2 Å². The van der Waals surface area contributed by atoms with E-state index in [1.165, 1.54) is 24.1 Å². The number of carbonyl (C=O) groups excluding carboxylic acids is 3. The summed E-state index contributed by atoms with van der Waals surface area (Å²) in [7, 11) is 1.83. The molecule has 2 N–H and O–H groups in total. The molecule has 252 valence electrons. The zero-order chi connectivity index (χ0) is 34.3. The minimum atomic E-state index is -1.41. The first-order chi connectivity index (χ1) is 23.8. The average molecular weight is 668 g/mol. The summed E-state index contributed by atoms with van der Waals surface area (Å²) < 4.78 is 24.1. The Labute approximate surface area is 280 Å². The van der Waals surface area contributed by atoms with Gasteiger partial charge in [-0.25, -0.2) is 24.7 Å². The van der Waals surface area contributed by atoms with E-state index < -0.39 is 55.3 Å². The number of ether oxygens (including phenoxy) is 4. The van der Waals surface area contributed by atoms with Crippen molar-refractivity contribution in [3.05, 3.63) is 109 Å². The largest absolute Gasteiger partial charge is 0.509 e. The molecule has 1 saturated heterocycles. The van der Waals surface area contributed by atoms with Gasteiger partial charge in [-0.15, -0.1) is 0 Å². The highest BCUT2D eigenvalue weighted by Crippen LogP contribution is 2.34. The molecule has 0 saturated carbocycles. The topological polar surface area (TPSA) is 180 Å². The zero-order valence-electron chi connectivity index (χ0n) is 26.5. The van der Waals surface area contributed by atoms with E-state index >= 15 is 0 Å². The predicted molar refractivity (Wildman–Crippen MR) is 174 cm³/mol. The highest BCUT2D eigenvalue weighted by molar-refractivity contribution is 6.06. The summed E-state index contributed by atoms with van der Waals surface area (Å²) in [4.78, 5) is 56.8. The molecular formula is C34H33N7O8. The van der Waals surface area contributed by atoms with Crippen LogP contribution in [0.4, 0.5) is 16.4 Å². The molecule has 0 bridgehead atoms. The second-order valence-electron chi connectivity index (χ2n) is 11.1. The number of aromatic nitrogens is 5. The van der Waals surface area contributed by atoms with E-state index in [-0.39, 0.29) is 23.5 Å². The number of aliphatic hydroxyl groups excluding tert-OH is 1. The number of imidazole rings is 1. The number of rotatable bonds is 11. The molecule has 0 radical (unpaired) electrons. The number of hydrogen-bond acceptors (Lipinski definition) is 13. The van der Waals surface area contributed by atoms with E-state index in [9.17, 15) is 19.5 Å². The molecule has 2 aromatic carbocycles. The van der Waals surface area contributed by atoms with Crippen molar-refractivity contribution in [3.8, 4) is 0 Å². The van der Waals surface area contributed by atoms with Crippen molar-refractivity contribution in [2.45, 2.75) is 37.6 Å². The van der Waals surface area contributed by atoms with Gasteiger partial charge in [-0.2, -0.15) is 0 Å². The van der Waals surface area contributed by atoms with Crippen LogP contribution in [-0.2, 0) is 23.7 Å². The number of aliphatic hydroxyl groups is 1. The third-order valence-corrected chi connectivity index (χ3v) is 7.77. The number of amides is 1. The molecule has 0 aliphatic carbocycles. The molecule has 4 heterocycles. The Kier molecular flexibility index (Phi) is 10.0. The van der Waals surface area contributed by atoms with Gasteiger partial charge >= 0.3 is 12.1 Å². The van der Waals surface area contributed by atoms with Crippen LogP contribution < -0.4 is 10.2 Å². The van der Waals surface area contributed by atoms with Gasteiger partial charge in [0.15, 0.2) is 29.3 Å². The Morgan fingerprint density at radius 2 is 1.71 bits per heavy atom. The fraction of sp³-hybridized carbons (Fsp3) is 0.265. The first-order valence-electron chi connectivity index (χ1n) is 15.3. The summed E-state index contributed by atoms with van der Waals surface area (Å²) >= 11 is 0. The summed E-state index contributed by atoms with van der Waals surface area (Å²) in [6.07, 6.45) is -2.32. The van der Waals surface area contributed by atoms with Crippen LogP contribution in [0, 0.1) is 0 Å². The maximum absolute atomic E-state index is 13.1. The number of nitrogens with one attached hydrogen (secondary N) is 1. The molecule has 49 heavy (non-hydrogen) atoms. The maximum atomic E-state index is 13.1. The van der Waals surface area contributed by atoms with Gasteiger partial charge in [0.2, 0.25) is 0 Å². The van der Waals surface area contributed by atoms with Gasteiger partial charge in [-0.1, -0.05) is 54.6 Å². The van der Waals surface area contributed by atoms with Crippen LogP contribution in [0.25, 0.3) is 11.2 Å². The molecule has 5 aromatic rings. The Balaban J connectivity index is 1.16. The molecule has 6 rings (SSSR count). The lowest BCUT2D eigenvalue weighted by Gasteiger charge is -2.25. The summed E-state index contributed by atoms with van der Waals surface area (Å²) in [5.41, 5.74) is 1.62. The molecule has 1 amide bonds. The van der Waals surface area contributed by atoms with Crippen molar-refractivity contribution < 1.29 is 38.4 Å². The molecule has 15 nitrogen and oxygen atoms in total. The number of likely N-dealkylation sites (N-methyl/N-ethyl adjacent to an activating group) is 1. The van der Waals surface area contributed by atoms with Gasteiger partial charge < -0.3 is 34.3 Å². The minimum absolute atomic E-state index is 0.144. The standard InChI is InChI=1S/C34H33N7O8/c1-21(42)47-29-25(18-46-34(45)49-24(22-11-5-3-6-12-22)17-40(2)26-15-9-10-16-35-26)48-33(28(29)43)41-20-38-27-30(36-19-37-31(27)41)39-32(44)23-13-7-4-8-14-23/h3-16,19-20,24-25,28-29,33,43H,17-18H2,1-2H3,(H,36,37,39,44)/t24?,25-,28-,29-,33-/m1/s1. The lowest BCUT2D eigenvalue weighted by atomic mass is 10.1. The molecule has 1 fully saturated rings. The first kappa shape index (κ1) is 33.0. The van der Waals surface area contributed by atoms with Gasteiger partial charge in [0.25, 0.3) is 5.91 Å². The van der Waals surface area contributed by atoms with Gasteiger partial charge in [0.05, 0.1) is 12.9 Å². The molecule has 3 aromatic heterocycles. The highest BCUT2D eigenvalue weighted by atomic mass is 16.7. The quantitative estimate of drug-likeness (QED) is 0.195. The molecule has 1 aliphatic rings. The number of nitrogens with zero attached hydrogens (tertiary/aromatic N) is 6. The molecule has 1 unspecified atom stereocenters. The van der Waals surface area contributed by atoms with Crippen molar-refractivity contribution in [2.24, 2.45) is 0 Å². The SMILES string of the molecule is CC(=O)O[C@H]1[C@@H](O)[C@H](n2cnc3c(NC(=O)c4ccccc4)ncnc32)O[C@@H]1COC(=O)OC(CN(C)c1ccccn1)c1ccccc1. The monoisotopic (exact) mass is 667 g/mol. The summed E-state index contributed by atoms with van der Waals surface area (Å²) in [6, 6.07) is 23.3. The maximum Gasteiger partial charge on any atom is 0.509 e. The second kappa shape index (κ2) is 14.9. The van der Waals surface area contributed by atoms with Crippen molar-refractivity contribution in [2.75, 3.05) is 30.4 Å². The Hall–Kier alpha value is -5.93. The van der Waals surface area contributed by atoms with Crippen molar-refractivity contribution >= 4 is 40.8 Å². The molecule has 0 spiro atoms. The van der Waals surface area contributed by atoms with Gasteiger partial charge in [0, 0.05) is 25.7 Å². The molecule has 5 atom stereocenters. The van der Waals surface area contributed by atoms with E-state index in [0.717, 1.165) is 5.56 Å². The minimum Gasteiger partial charge on any atom is -0.457 e. The number of benzene rings is 2. The van der Waals surface area contributed by atoms with Gasteiger partial charge in [-0.3, -0.25) is 14.2 Å². The zero-order valence-corrected chi connectivity index (χ0v) is 26.5. The Morgan fingerprint density at radius 1 is 0.980 bits per heavy atom. The molecule has 1 aliphatic heterocycles. The summed E-state index contributed by atoms with van der Waals surface area (Å²) in [5.74, 6) is -0.242. The molecule has 15 heteroatoms. The molecular weight excluding hydrogens is 634 g/mol. The second-order valence-corrected chi connectivity index (χ2v) is 11.1. The van der Waals surface area contributed by atoms with Crippen LogP contribution in [0.2, 0.25) is 0 Å². The van der Waals surface area contributed by atoms with Crippen LogP contribution in [0.15, 0.2) is 97.7 Å². The normalized spacial score (nSPS) is 19.2.